The van der Waals surface area contributed by atoms with E-state index in [0.717, 1.165) is 24.3 Å². The minimum Gasteiger partial charge on any atom is -0.372 e. The second kappa shape index (κ2) is 6.53. The number of nitrogens with zero attached hydrogens (tertiary/aromatic N) is 2. The third kappa shape index (κ3) is 3.35. The Hall–Kier alpha value is -2.80. The Morgan fingerprint density at radius 3 is 2.65 bits per heavy atom. The summed E-state index contributed by atoms with van der Waals surface area (Å²) in [6.45, 7) is 4.21. The van der Waals surface area contributed by atoms with Gasteiger partial charge >= 0.3 is 0 Å². The van der Waals surface area contributed by atoms with Gasteiger partial charge in [-0.15, -0.1) is 0 Å². The standard InChI is InChI=1S/C19H19N3O/c1-14-11-17(22-9-2-3-10-22)7-8-18(14)21-19(23)16-6-4-5-15(12-16)13-20/h4-8,11-12H,2-3,9-10H2,1H3,(H,21,23). The van der Waals surface area contributed by atoms with Crippen molar-refractivity contribution in [2.75, 3.05) is 23.3 Å². The van der Waals surface area contributed by atoms with Gasteiger partial charge in [-0.3, -0.25) is 4.79 Å². The molecule has 1 heterocycles. The van der Waals surface area contributed by atoms with Crippen molar-refractivity contribution in [2.24, 2.45) is 0 Å². The Bertz CT molecular complexity index is 770. The first-order valence-electron chi connectivity index (χ1n) is 7.84. The predicted octanol–water partition coefficient (Wildman–Crippen LogP) is 3.72. The molecule has 116 valence electrons. The van der Waals surface area contributed by atoms with Gasteiger partial charge in [0.2, 0.25) is 0 Å². The quantitative estimate of drug-likeness (QED) is 0.940. The highest BCUT2D eigenvalue weighted by molar-refractivity contribution is 6.04. The van der Waals surface area contributed by atoms with E-state index in [1.165, 1.54) is 18.5 Å². The van der Waals surface area contributed by atoms with E-state index >= 15 is 0 Å². The number of nitriles is 1. The fourth-order valence-corrected chi connectivity index (χ4v) is 2.88. The van der Waals surface area contributed by atoms with Crippen molar-refractivity contribution in [1.82, 2.24) is 0 Å². The molecule has 1 fully saturated rings. The van der Waals surface area contributed by atoms with Crippen molar-refractivity contribution >= 4 is 17.3 Å². The molecule has 0 spiro atoms. The number of hydrogen-bond acceptors (Lipinski definition) is 3. The zero-order valence-corrected chi connectivity index (χ0v) is 13.2. The first-order valence-corrected chi connectivity index (χ1v) is 7.84. The summed E-state index contributed by atoms with van der Waals surface area (Å²) in [5.74, 6) is -0.195. The van der Waals surface area contributed by atoms with Gasteiger partial charge in [-0.2, -0.15) is 5.26 Å². The molecule has 0 aliphatic carbocycles. The summed E-state index contributed by atoms with van der Waals surface area (Å²) >= 11 is 0. The first-order chi connectivity index (χ1) is 11.2. The van der Waals surface area contributed by atoms with Crippen LogP contribution in [-0.2, 0) is 0 Å². The Balaban J connectivity index is 1.77. The number of benzene rings is 2. The molecule has 0 saturated carbocycles. The van der Waals surface area contributed by atoms with Gasteiger partial charge in [-0.05, 0) is 61.7 Å². The number of carbonyl (C=O) groups excluding carboxylic acids is 1. The number of amides is 1. The number of rotatable bonds is 3. The van der Waals surface area contributed by atoms with Gasteiger partial charge in [0.1, 0.15) is 0 Å². The lowest BCUT2D eigenvalue weighted by molar-refractivity contribution is 0.102. The fraction of sp³-hybridized carbons (Fsp3) is 0.263. The lowest BCUT2D eigenvalue weighted by Gasteiger charge is -2.19. The lowest BCUT2D eigenvalue weighted by Crippen LogP contribution is -2.18. The van der Waals surface area contributed by atoms with Gasteiger partial charge in [0.05, 0.1) is 11.6 Å². The van der Waals surface area contributed by atoms with Crippen molar-refractivity contribution in [3.63, 3.8) is 0 Å². The van der Waals surface area contributed by atoms with Gasteiger partial charge in [-0.1, -0.05) is 6.07 Å². The van der Waals surface area contributed by atoms with Gasteiger partial charge in [-0.25, -0.2) is 0 Å². The van der Waals surface area contributed by atoms with Crippen molar-refractivity contribution < 1.29 is 4.79 Å². The molecule has 0 bridgehead atoms. The molecule has 2 aromatic carbocycles. The number of nitrogens with one attached hydrogen (secondary N) is 1. The molecule has 0 unspecified atom stereocenters. The Morgan fingerprint density at radius 2 is 1.96 bits per heavy atom. The van der Waals surface area contributed by atoms with Crippen LogP contribution in [0.25, 0.3) is 0 Å². The Kier molecular flexibility index (Phi) is 4.29. The van der Waals surface area contributed by atoms with Crippen molar-refractivity contribution in [3.05, 3.63) is 59.2 Å². The molecule has 4 heteroatoms. The molecule has 1 aliphatic rings. The third-order valence-electron chi connectivity index (χ3n) is 4.18. The summed E-state index contributed by atoms with van der Waals surface area (Å²) in [5, 5.41) is 11.9. The van der Waals surface area contributed by atoms with Crippen LogP contribution in [0.1, 0.15) is 34.3 Å². The molecular weight excluding hydrogens is 286 g/mol. The zero-order chi connectivity index (χ0) is 16.2. The van der Waals surface area contributed by atoms with Crippen LogP contribution in [0, 0.1) is 18.3 Å². The molecule has 3 rings (SSSR count). The molecule has 0 radical (unpaired) electrons. The van der Waals surface area contributed by atoms with Crippen LogP contribution in [-0.4, -0.2) is 19.0 Å². The smallest absolute Gasteiger partial charge is 0.255 e. The normalized spacial score (nSPS) is 13.7. The molecule has 0 atom stereocenters. The van der Waals surface area contributed by atoms with Crippen molar-refractivity contribution in [1.29, 1.82) is 5.26 Å². The van der Waals surface area contributed by atoms with Crippen LogP contribution >= 0.6 is 0 Å². The molecular formula is C19H19N3O. The average molecular weight is 305 g/mol. The molecule has 1 N–H and O–H groups in total. The van der Waals surface area contributed by atoms with E-state index in [1.54, 1.807) is 24.3 Å². The zero-order valence-electron chi connectivity index (χ0n) is 13.2. The van der Waals surface area contributed by atoms with Crippen molar-refractivity contribution in [2.45, 2.75) is 19.8 Å². The Morgan fingerprint density at radius 1 is 1.17 bits per heavy atom. The maximum atomic E-state index is 12.3. The molecule has 2 aromatic rings. The molecule has 1 aliphatic heterocycles. The van der Waals surface area contributed by atoms with E-state index in [-0.39, 0.29) is 5.91 Å². The van der Waals surface area contributed by atoms with E-state index in [1.807, 2.05) is 13.0 Å². The molecule has 0 aromatic heterocycles. The van der Waals surface area contributed by atoms with Gasteiger partial charge in [0, 0.05) is 30.0 Å². The van der Waals surface area contributed by atoms with E-state index < -0.39 is 0 Å². The Labute approximate surface area is 136 Å². The number of aryl methyl sites for hydroxylation is 1. The summed E-state index contributed by atoms with van der Waals surface area (Å²) in [4.78, 5) is 14.7. The SMILES string of the molecule is Cc1cc(N2CCCC2)ccc1NC(=O)c1cccc(C#N)c1. The maximum Gasteiger partial charge on any atom is 0.255 e. The van der Waals surface area contributed by atoms with Crippen molar-refractivity contribution in [3.8, 4) is 6.07 Å². The average Bonchev–Trinajstić information content (AvgIpc) is 3.11. The highest BCUT2D eigenvalue weighted by atomic mass is 16.1. The highest BCUT2D eigenvalue weighted by Crippen LogP contribution is 2.25. The highest BCUT2D eigenvalue weighted by Gasteiger charge is 2.14. The van der Waals surface area contributed by atoms with Crippen LogP contribution in [0.2, 0.25) is 0 Å². The topological polar surface area (TPSA) is 56.1 Å². The van der Waals surface area contributed by atoms with E-state index in [0.29, 0.717) is 11.1 Å². The second-order valence-corrected chi connectivity index (χ2v) is 5.84. The third-order valence-corrected chi connectivity index (χ3v) is 4.18. The summed E-state index contributed by atoms with van der Waals surface area (Å²) in [5.41, 5.74) is 4.04. The summed E-state index contributed by atoms with van der Waals surface area (Å²) in [7, 11) is 0. The summed E-state index contributed by atoms with van der Waals surface area (Å²) < 4.78 is 0. The van der Waals surface area contributed by atoms with Crippen LogP contribution in [0.5, 0.6) is 0 Å². The van der Waals surface area contributed by atoms with Crippen LogP contribution < -0.4 is 10.2 Å². The van der Waals surface area contributed by atoms with E-state index in [4.69, 9.17) is 5.26 Å². The molecule has 23 heavy (non-hydrogen) atoms. The predicted molar refractivity (Wildman–Crippen MR) is 91.7 cm³/mol. The van der Waals surface area contributed by atoms with Gasteiger partial charge < -0.3 is 10.2 Å². The van der Waals surface area contributed by atoms with Gasteiger partial charge in [0.15, 0.2) is 0 Å². The van der Waals surface area contributed by atoms with Crippen LogP contribution in [0.3, 0.4) is 0 Å². The molecule has 1 saturated heterocycles. The van der Waals surface area contributed by atoms with Crippen LogP contribution in [0.15, 0.2) is 42.5 Å². The molecule has 4 nitrogen and oxygen atoms in total. The number of hydrogen-bond donors (Lipinski definition) is 1. The lowest BCUT2D eigenvalue weighted by atomic mass is 10.1. The minimum atomic E-state index is -0.195. The minimum absolute atomic E-state index is 0.195. The maximum absolute atomic E-state index is 12.3. The fourth-order valence-electron chi connectivity index (χ4n) is 2.88. The van der Waals surface area contributed by atoms with Crippen LogP contribution in [0.4, 0.5) is 11.4 Å². The van der Waals surface area contributed by atoms with E-state index in [9.17, 15) is 4.79 Å². The monoisotopic (exact) mass is 305 g/mol. The second-order valence-electron chi connectivity index (χ2n) is 5.84. The first kappa shape index (κ1) is 15.1. The summed E-state index contributed by atoms with van der Waals surface area (Å²) in [6, 6.07) is 14.9. The number of carbonyl (C=O) groups is 1. The summed E-state index contributed by atoms with van der Waals surface area (Å²) in [6.07, 6.45) is 2.49. The number of anilines is 2. The van der Waals surface area contributed by atoms with Gasteiger partial charge in [0.25, 0.3) is 5.91 Å². The van der Waals surface area contributed by atoms with E-state index in [2.05, 4.69) is 28.4 Å². The molecule has 1 amide bonds. The largest absolute Gasteiger partial charge is 0.372 e.